The minimum atomic E-state index is -0.0995. The Kier molecular flexibility index (Phi) is 3.67. The molecule has 1 fully saturated rings. The maximum Gasteiger partial charge on any atom is 0.0667 e. The third-order valence-corrected chi connectivity index (χ3v) is 4.45. The Balaban J connectivity index is 1.70. The van der Waals surface area contributed by atoms with Gasteiger partial charge >= 0.3 is 0 Å². The largest absolute Gasteiger partial charge is 0.392 e. The van der Waals surface area contributed by atoms with Gasteiger partial charge in [0.2, 0.25) is 0 Å². The number of rotatable bonds is 2. The molecule has 0 amide bonds. The normalized spacial score (nSPS) is 28.9. The molecule has 0 aromatic heterocycles. The van der Waals surface area contributed by atoms with E-state index in [0.717, 1.165) is 32.5 Å². The summed E-state index contributed by atoms with van der Waals surface area (Å²) in [7, 11) is 0. The average molecular weight is 245 g/mol. The van der Waals surface area contributed by atoms with Crippen molar-refractivity contribution in [3.05, 3.63) is 35.4 Å². The zero-order valence-corrected chi connectivity index (χ0v) is 11.0. The first kappa shape index (κ1) is 12.2. The van der Waals surface area contributed by atoms with E-state index in [4.69, 9.17) is 0 Å². The molecule has 1 aliphatic heterocycles. The Labute approximate surface area is 110 Å². The first-order chi connectivity index (χ1) is 8.83. The van der Waals surface area contributed by atoms with Crippen LogP contribution in [0.15, 0.2) is 24.3 Å². The molecule has 2 atom stereocenters. The number of hydrogen-bond donors (Lipinski definition) is 1. The molecule has 98 valence electrons. The van der Waals surface area contributed by atoms with Gasteiger partial charge in [0.25, 0.3) is 0 Å². The van der Waals surface area contributed by atoms with Crippen LogP contribution in [0.2, 0.25) is 0 Å². The number of aliphatic hydroxyl groups excluding tert-OH is 1. The topological polar surface area (TPSA) is 23.5 Å². The Morgan fingerprint density at radius 3 is 2.94 bits per heavy atom. The molecule has 0 spiro atoms. The molecular formula is C16H23NO. The van der Waals surface area contributed by atoms with Crippen LogP contribution in [0.25, 0.3) is 0 Å². The zero-order valence-electron chi connectivity index (χ0n) is 11.0. The van der Waals surface area contributed by atoms with Crippen LogP contribution in [-0.2, 0) is 6.42 Å². The highest BCUT2D eigenvalue weighted by atomic mass is 16.3. The summed E-state index contributed by atoms with van der Waals surface area (Å²) in [6.07, 6.45) is 5.90. The van der Waals surface area contributed by atoms with Crippen molar-refractivity contribution < 1.29 is 5.11 Å². The molecule has 2 aliphatic rings. The summed E-state index contributed by atoms with van der Waals surface area (Å²) >= 11 is 0. The van der Waals surface area contributed by atoms with Gasteiger partial charge in [-0.25, -0.2) is 0 Å². The molecule has 1 N–H and O–H groups in total. The van der Waals surface area contributed by atoms with E-state index in [1.165, 1.54) is 19.3 Å². The number of aryl methyl sites for hydroxylation is 1. The van der Waals surface area contributed by atoms with Gasteiger partial charge in [0.15, 0.2) is 0 Å². The second-order valence-electron chi connectivity index (χ2n) is 5.84. The molecule has 2 nitrogen and oxygen atoms in total. The molecule has 1 heterocycles. The van der Waals surface area contributed by atoms with Crippen molar-refractivity contribution in [3.63, 3.8) is 0 Å². The minimum absolute atomic E-state index is 0.0995. The van der Waals surface area contributed by atoms with E-state index < -0.39 is 0 Å². The summed E-state index contributed by atoms with van der Waals surface area (Å²) in [5.41, 5.74) is 3.11. The number of benzene rings is 1. The number of fused-ring (bicyclic) bond motifs is 1. The van der Waals surface area contributed by atoms with Crippen molar-refractivity contribution in [2.45, 2.75) is 44.1 Å². The van der Waals surface area contributed by atoms with Gasteiger partial charge in [0.1, 0.15) is 0 Å². The summed E-state index contributed by atoms with van der Waals surface area (Å²) in [4.78, 5) is 2.46. The van der Waals surface area contributed by atoms with E-state index >= 15 is 0 Å². The maximum atomic E-state index is 9.76. The van der Waals surface area contributed by atoms with Crippen molar-refractivity contribution in [1.82, 2.24) is 4.90 Å². The lowest BCUT2D eigenvalue weighted by Crippen LogP contribution is -2.40. The fourth-order valence-electron chi connectivity index (χ4n) is 3.55. The molecule has 1 aliphatic carbocycles. The summed E-state index contributed by atoms with van der Waals surface area (Å²) in [6.45, 7) is 3.17. The maximum absolute atomic E-state index is 9.76. The lowest BCUT2D eigenvalue weighted by atomic mass is 9.82. The Hall–Kier alpha value is -0.860. The van der Waals surface area contributed by atoms with Gasteiger partial charge in [-0.1, -0.05) is 24.3 Å². The van der Waals surface area contributed by atoms with E-state index in [0.29, 0.717) is 5.92 Å². The van der Waals surface area contributed by atoms with Gasteiger partial charge < -0.3 is 10.0 Å². The molecule has 0 radical (unpaired) electrons. The predicted molar refractivity (Wildman–Crippen MR) is 73.8 cm³/mol. The van der Waals surface area contributed by atoms with E-state index in [2.05, 4.69) is 29.2 Å². The van der Waals surface area contributed by atoms with Crippen molar-refractivity contribution in [2.75, 3.05) is 19.6 Å². The molecular weight excluding hydrogens is 222 g/mol. The van der Waals surface area contributed by atoms with Crippen LogP contribution in [0, 0.1) is 0 Å². The molecule has 0 saturated carbocycles. The minimum Gasteiger partial charge on any atom is -0.392 e. The third kappa shape index (κ3) is 2.60. The predicted octanol–water partition coefficient (Wildman–Crippen LogP) is 2.56. The highest BCUT2D eigenvalue weighted by molar-refractivity contribution is 5.32. The average Bonchev–Trinajstić information content (AvgIpc) is 2.39. The smallest absolute Gasteiger partial charge is 0.0667 e. The monoisotopic (exact) mass is 245 g/mol. The van der Waals surface area contributed by atoms with Crippen molar-refractivity contribution in [1.29, 1.82) is 0 Å². The van der Waals surface area contributed by atoms with Crippen molar-refractivity contribution >= 4 is 0 Å². The molecule has 3 rings (SSSR count). The van der Waals surface area contributed by atoms with E-state index in [-0.39, 0.29) is 6.10 Å². The summed E-state index contributed by atoms with van der Waals surface area (Å²) in [5, 5.41) is 9.76. The van der Waals surface area contributed by atoms with Gasteiger partial charge in [-0.05, 0) is 55.7 Å². The number of hydrogen-bond acceptors (Lipinski definition) is 2. The lowest BCUT2D eigenvalue weighted by Gasteiger charge is -2.35. The van der Waals surface area contributed by atoms with Gasteiger partial charge in [-0.2, -0.15) is 0 Å². The quantitative estimate of drug-likeness (QED) is 0.865. The van der Waals surface area contributed by atoms with E-state index in [1.807, 2.05) is 0 Å². The molecule has 1 saturated heterocycles. The highest BCUT2D eigenvalue weighted by Gasteiger charge is 2.24. The fraction of sp³-hybridized carbons (Fsp3) is 0.625. The standard InChI is InChI=1S/C16H23NO/c18-15-8-4-10-17(12-15)11-14-7-3-6-13-5-1-2-9-16(13)14/h1-2,5,9,14-15,18H,3-4,6-8,10-12H2/t14?,15-/m0/s1. The number of aliphatic hydroxyl groups is 1. The lowest BCUT2D eigenvalue weighted by molar-refractivity contribution is 0.0663. The first-order valence-electron chi connectivity index (χ1n) is 7.31. The molecule has 18 heavy (non-hydrogen) atoms. The van der Waals surface area contributed by atoms with Crippen molar-refractivity contribution in [2.24, 2.45) is 0 Å². The van der Waals surface area contributed by atoms with Crippen LogP contribution in [0.3, 0.4) is 0 Å². The second kappa shape index (κ2) is 5.41. The van der Waals surface area contributed by atoms with E-state index in [9.17, 15) is 5.11 Å². The summed E-state index contributed by atoms with van der Waals surface area (Å²) < 4.78 is 0. The number of nitrogens with zero attached hydrogens (tertiary/aromatic N) is 1. The fourth-order valence-corrected chi connectivity index (χ4v) is 3.55. The molecule has 0 bridgehead atoms. The third-order valence-electron chi connectivity index (χ3n) is 4.45. The van der Waals surface area contributed by atoms with Gasteiger partial charge in [0, 0.05) is 13.1 Å². The molecule has 1 aromatic carbocycles. The number of piperidine rings is 1. The molecule has 2 heteroatoms. The number of β-amino-alcohol motifs (C(OH)–C–C–N with tert-alkyl or cyclic N) is 1. The number of likely N-dealkylation sites (tertiary alicyclic amines) is 1. The Bertz CT molecular complexity index is 404. The van der Waals surface area contributed by atoms with Crippen LogP contribution < -0.4 is 0 Å². The van der Waals surface area contributed by atoms with Gasteiger partial charge in [-0.3, -0.25) is 0 Å². The van der Waals surface area contributed by atoms with Crippen molar-refractivity contribution in [3.8, 4) is 0 Å². The SMILES string of the molecule is O[C@H]1CCCN(CC2CCCc3ccccc32)C1. The highest BCUT2D eigenvalue weighted by Crippen LogP contribution is 2.32. The van der Waals surface area contributed by atoms with Crippen LogP contribution in [0.4, 0.5) is 0 Å². The zero-order chi connectivity index (χ0) is 12.4. The molecule has 1 unspecified atom stereocenters. The van der Waals surface area contributed by atoms with Gasteiger partial charge in [-0.15, -0.1) is 0 Å². The van der Waals surface area contributed by atoms with Crippen LogP contribution in [0.1, 0.15) is 42.7 Å². The second-order valence-corrected chi connectivity index (χ2v) is 5.84. The van der Waals surface area contributed by atoms with Gasteiger partial charge in [0.05, 0.1) is 6.10 Å². The summed E-state index contributed by atoms with van der Waals surface area (Å²) in [5.74, 6) is 0.681. The van der Waals surface area contributed by atoms with E-state index in [1.54, 1.807) is 11.1 Å². The first-order valence-corrected chi connectivity index (χ1v) is 7.31. The Morgan fingerprint density at radius 1 is 1.17 bits per heavy atom. The van der Waals surface area contributed by atoms with Crippen LogP contribution in [-0.4, -0.2) is 35.7 Å². The van der Waals surface area contributed by atoms with Crippen LogP contribution >= 0.6 is 0 Å². The summed E-state index contributed by atoms with van der Waals surface area (Å²) in [6, 6.07) is 8.92. The van der Waals surface area contributed by atoms with Crippen LogP contribution in [0.5, 0.6) is 0 Å². The molecule has 1 aromatic rings. The Morgan fingerprint density at radius 2 is 2.06 bits per heavy atom.